The number of aryl methyl sites for hydroxylation is 2. The van der Waals surface area contributed by atoms with Crippen molar-refractivity contribution in [1.29, 1.82) is 0 Å². The van der Waals surface area contributed by atoms with Crippen molar-refractivity contribution in [2.75, 3.05) is 23.3 Å². The SMILES string of the molecule is Cc1cc(C)n(C(C)C(=O)Nc2nc3ccccc3nc2N2CCCC2)n1. The lowest BCUT2D eigenvalue weighted by molar-refractivity contribution is -0.119. The Morgan fingerprint density at radius 3 is 2.41 bits per heavy atom. The van der Waals surface area contributed by atoms with Crippen molar-refractivity contribution in [3.63, 3.8) is 0 Å². The van der Waals surface area contributed by atoms with Gasteiger partial charge in [-0.1, -0.05) is 12.1 Å². The van der Waals surface area contributed by atoms with Crippen LogP contribution in [-0.2, 0) is 4.79 Å². The van der Waals surface area contributed by atoms with Crippen LogP contribution >= 0.6 is 0 Å². The molecule has 0 radical (unpaired) electrons. The summed E-state index contributed by atoms with van der Waals surface area (Å²) in [5.41, 5.74) is 3.47. The first-order valence-corrected chi connectivity index (χ1v) is 9.38. The van der Waals surface area contributed by atoms with E-state index in [1.807, 2.05) is 51.1 Å². The number of amides is 1. The van der Waals surface area contributed by atoms with E-state index in [0.29, 0.717) is 5.82 Å². The maximum Gasteiger partial charge on any atom is 0.250 e. The van der Waals surface area contributed by atoms with Gasteiger partial charge in [0.25, 0.3) is 0 Å². The van der Waals surface area contributed by atoms with Crippen LogP contribution in [0.3, 0.4) is 0 Å². The van der Waals surface area contributed by atoms with Gasteiger partial charge < -0.3 is 10.2 Å². The molecule has 1 saturated heterocycles. The Balaban J connectivity index is 1.68. The Labute approximate surface area is 158 Å². The van der Waals surface area contributed by atoms with Crippen LogP contribution in [0.4, 0.5) is 11.6 Å². The molecule has 1 aliphatic heterocycles. The van der Waals surface area contributed by atoms with Gasteiger partial charge in [-0.15, -0.1) is 0 Å². The first kappa shape index (κ1) is 17.5. The number of fused-ring (bicyclic) bond motifs is 1. The Kier molecular flexibility index (Phi) is 4.51. The largest absolute Gasteiger partial charge is 0.354 e. The minimum atomic E-state index is -0.432. The molecule has 27 heavy (non-hydrogen) atoms. The summed E-state index contributed by atoms with van der Waals surface area (Å²) in [6.07, 6.45) is 2.26. The van der Waals surface area contributed by atoms with E-state index in [4.69, 9.17) is 9.97 Å². The monoisotopic (exact) mass is 364 g/mol. The first-order chi connectivity index (χ1) is 13.0. The van der Waals surface area contributed by atoms with Gasteiger partial charge in [-0.2, -0.15) is 5.10 Å². The van der Waals surface area contributed by atoms with Crippen molar-refractivity contribution in [2.24, 2.45) is 0 Å². The summed E-state index contributed by atoms with van der Waals surface area (Å²) in [5.74, 6) is 1.13. The minimum Gasteiger partial charge on any atom is -0.354 e. The van der Waals surface area contributed by atoms with E-state index in [9.17, 15) is 4.79 Å². The zero-order valence-electron chi connectivity index (χ0n) is 15.9. The smallest absolute Gasteiger partial charge is 0.250 e. The van der Waals surface area contributed by atoms with Crippen LogP contribution in [0.15, 0.2) is 30.3 Å². The van der Waals surface area contributed by atoms with Crippen molar-refractivity contribution in [1.82, 2.24) is 19.7 Å². The number of aromatic nitrogens is 4. The fourth-order valence-corrected chi connectivity index (χ4v) is 3.59. The van der Waals surface area contributed by atoms with Crippen molar-refractivity contribution < 1.29 is 4.79 Å². The van der Waals surface area contributed by atoms with E-state index in [0.717, 1.165) is 54.2 Å². The maximum absolute atomic E-state index is 12.9. The van der Waals surface area contributed by atoms with Gasteiger partial charge >= 0.3 is 0 Å². The van der Waals surface area contributed by atoms with Crippen molar-refractivity contribution in [3.05, 3.63) is 41.7 Å². The van der Waals surface area contributed by atoms with Gasteiger partial charge in [-0.05, 0) is 51.8 Å². The minimum absolute atomic E-state index is 0.147. The summed E-state index contributed by atoms with van der Waals surface area (Å²) >= 11 is 0. The second-order valence-corrected chi connectivity index (χ2v) is 7.12. The highest BCUT2D eigenvalue weighted by Crippen LogP contribution is 2.28. The van der Waals surface area contributed by atoms with Gasteiger partial charge in [-0.3, -0.25) is 9.48 Å². The molecule has 140 valence electrons. The molecule has 1 unspecified atom stereocenters. The quantitative estimate of drug-likeness (QED) is 0.769. The van der Waals surface area contributed by atoms with Gasteiger partial charge in [0.1, 0.15) is 6.04 Å². The predicted octanol–water partition coefficient (Wildman–Crippen LogP) is 3.24. The van der Waals surface area contributed by atoms with Crippen LogP contribution in [0.2, 0.25) is 0 Å². The summed E-state index contributed by atoms with van der Waals surface area (Å²) in [4.78, 5) is 24.6. The van der Waals surface area contributed by atoms with E-state index in [1.165, 1.54) is 0 Å². The number of carbonyl (C=O) groups excluding carboxylic acids is 1. The Hall–Kier alpha value is -2.96. The van der Waals surface area contributed by atoms with Gasteiger partial charge in [0, 0.05) is 18.8 Å². The number of hydrogen-bond acceptors (Lipinski definition) is 5. The van der Waals surface area contributed by atoms with Crippen molar-refractivity contribution >= 4 is 28.6 Å². The molecule has 1 N–H and O–H groups in total. The fourth-order valence-electron chi connectivity index (χ4n) is 3.59. The van der Waals surface area contributed by atoms with Gasteiger partial charge in [0.15, 0.2) is 11.6 Å². The second kappa shape index (κ2) is 6.98. The molecule has 7 nitrogen and oxygen atoms in total. The molecule has 1 aliphatic rings. The number of rotatable bonds is 4. The molecular weight excluding hydrogens is 340 g/mol. The van der Waals surface area contributed by atoms with E-state index >= 15 is 0 Å². The third kappa shape index (κ3) is 3.37. The molecule has 0 spiro atoms. The van der Waals surface area contributed by atoms with Gasteiger partial charge in [0.05, 0.1) is 16.7 Å². The number of anilines is 2. The average molecular weight is 364 g/mol. The normalized spacial score (nSPS) is 15.3. The Bertz CT molecular complexity index is 989. The Morgan fingerprint density at radius 1 is 1.11 bits per heavy atom. The molecule has 0 aliphatic carbocycles. The lowest BCUT2D eigenvalue weighted by atomic mass is 10.3. The summed E-state index contributed by atoms with van der Waals surface area (Å²) in [7, 11) is 0. The molecule has 3 heterocycles. The molecule has 4 rings (SSSR count). The lowest BCUT2D eigenvalue weighted by Gasteiger charge is -2.21. The summed E-state index contributed by atoms with van der Waals surface area (Å²) in [6, 6.07) is 9.28. The highest BCUT2D eigenvalue weighted by atomic mass is 16.2. The lowest BCUT2D eigenvalue weighted by Crippen LogP contribution is -2.28. The molecule has 2 aromatic heterocycles. The number of nitrogens with zero attached hydrogens (tertiary/aromatic N) is 5. The molecule has 1 atom stereocenters. The zero-order chi connectivity index (χ0) is 19.0. The van der Waals surface area contributed by atoms with Crippen LogP contribution < -0.4 is 10.2 Å². The molecule has 7 heteroatoms. The third-order valence-corrected chi connectivity index (χ3v) is 4.99. The summed E-state index contributed by atoms with van der Waals surface area (Å²) in [6.45, 7) is 7.59. The van der Waals surface area contributed by atoms with Crippen LogP contribution in [0, 0.1) is 13.8 Å². The Morgan fingerprint density at radius 2 is 1.78 bits per heavy atom. The summed E-state index contributed by atoms with van der Waals surface area (Å²) < 4.78 is 1.74. The number of para-hydroxylation sites is 2. The van der Waals surface area contributed by atoms with Crippen molar-refractivity contribution in [2.45, 2.75) is 39.7 Å². The second-order valence-electron chi connectivity index (χ2n) is 7.12. The van der Waals surface area contributed by atoms with Gasteiger partial charge in [-0.25, -0.2) is 9.97 Å². The summed E-state index contributed by atoms with van der Waals surface area (Å²) in [5, 5.41) is 7.43. The number of hydrogen-bond donors (Lipinski definition) is 1. The standard InChI is InChI=1S/C20H24N6O/c1-13-12-14(2)26(24-13)15(3)20(27)23-18-19(25-10-6-7-11-25)22-17-9-5-4-8-16(17)21-18/h4-5,8-9,12,15H,6-7,10-11H2,1-3H3,(H,21,23,27). The van der Waals surface area contributed by atoms with Crippen LogP contribution in [0.25, 0.3) is 11.0 Å². The third-order valence-electron chi connectivity index (χ3n) is 4.99. The molecule has 1 amide bonds. The highest BCUT2D eigenvalue weighted by molar-refractivity contribution is 5.96. The highest BCUT2D eigenvalue weighted by Gasteiger charge is 2.24. The number of nitrogens with one attached hydrogen (secondary N) is 1. The first-order valence-electron chi connectivity index (χ1n) is 9.38. The predicted molar refractivity (Wildman–Crippen MR) is 106 cm³/mol. The van der Waals surface area contributed by atoms with Crippen LogP contribution in [0.1, 0.15) is 37.2 Å². The molecule has 0 saturated carbocycles. The topological polar surface area (TPSA) is 75.9 Å². The van der Waals surface area contributed by atoms with Crippen LogP contribution in [-0.4, -0.2) is 38.7 Å². The van der Waals surface area contributed by atoms with Gasteiger partial charge in [0.2, 0.25) is 5.91 Å². The van der Waals surface area contributed by atoms with E-state index in [2.05, 4.69) is 15.3 Å². The van der Waals surface area contributed by atoms with E-state index in [-0.39, 0.29) is 5.91 Å². The molecule has 1 fully saturated rings. The van der Waals surface area contributed by atoms with Crippen LogP contribution in [0.5, 0.6) is 0 Å². The number of carbonyl (C=O) groups is 1. The maximum atomic E-state index is 12.9. The zero-order valence-corrected chi connectivity index (χ0v) is 15.9. The fraction of sp³-hybridized carbons (Fsp3) is 0.400. The van der Waals surface area contributed by atoms with Crippen molar-refractivity contribution in [3.8, 4) is 0 Å². The number of benzene rings is 1. The molecule has 0 bridgehead atoms. The molecule has 1 aromatic carbocycles. The molecule has 3 aromatic rings. The van der Waals surface area contributed by atoms with E-state index < -0.39 is 6.04 Å². The van der Waals surface area contributed by atoms with E-state index in [1.54, 1.807) is 4.68 Å². The molecular formula is C20H24N6O. The average Bonchev–Trinajstić information content (AvgIpc) is 3.30.